The Balaban J connectivity index is 2.57. The van der Waals surface area contributed by atoms with Gasteiger partial charge in [-0.3, -0.25) is 4.79 Å². The van der Waals surface area contributed by atoms with Crippen LogP contribution < -0.4 is 11.1 Å². The molecule has 1 atom stereocenters. The second-order valence-corrected chi connectivity index (χ2v) is 6.21. The van der Waals surface area contributed by atoms with Gasteiger partial charge in [0.2, 0.25) is 5.91 Å². The Bertz CT molecular complexity index is 401. The third kappa shape index (κ3) is 4.78. The summed E-state index contributed by atoms with van der Waals surface area (Å²) in [6.45, 7) is 6.34. The van der Waals surface area contributed by atoms with E-state index in [0.29, 0.717) is 13.0 Å². The van der Waals surface area contributed by atoms with Crippen LogP contribution in [0.15, 0.2) is 28.7 Å². The van der Waals surface area contributed by atoms with Gasteiger partial charge in [0, 0.05) is 23.0 Å². The molecule has 1 rings (SSSR count). The van der Waals surface area contributed by atoms with Gasteiger partial charge in [-0.2, -0.15) is 0 Å². The number of carbonyl (C=O) groups is 1. The van der Waals surface area contributed by atoms with Gasteiger partial charge in [0.1, 0.15) is 0 Å². The Hall–Kier alpha value is -0.870. The molecule has 0 saturated carbocycles. The molecule has 1 unspecified atom stereocenters. The normalized spacial score (nSPS) is 13.2. The van der Waals surface area contributed by atoms with E-state index >= 15 is 0 Å². The van der Waals surface area contributed by atoms with E-state index in [4.69, 9.17) is 5.73 Å². The van der Waals surface area contributed by atoms with E-state index in [1.807, 2.05) is 38.1 Å². The number of carbonyl (C=O) groups excluding carboxylic acids is 1. The van der Waals surface area contributed by atoms with Crippen LogP contribution in [0.25, 0.3) is 0 Å². The lowest BCUT2D eigenvalue weighted by molar-refractivity contribution is -0.122. The minimum Gasteiger partial charge on any atom is -0.350 e. The van der Waals surface area contributed by atoms with Crippen molar-refractivity contribution in [2.45, 2.75) is 38.6 Å². The Morgan fingerprint density at radius 3 is 2.44 bits per heavy atom. The van der Waals surface area contributed by atoms with Gasteiger partial charge in [-0.1, -0.05) is 35.0 Å². The topological polar surface area (TPSA) is 55.1 Å². The van der Waals surface area contributed by atoms with Gasteiger partial charge in [-0.15, -0.1) is 0 Å². The van der Waals surface area contributed by atoms with E-state index in [0.717, 1.165) is 4.47 Å². The lowest BCUT2D eigenvalue weighted by Crippen LogP contribution is -2.49. The molecule has 18 heavy (non-hydrogen) atoms. The largest absolute Gasteiger partial charge is 0.350 e. The van der Waals surface area contributed by atoms with Gasteiger partial charge in [-0.05, 0) is 37.5 Å². The van der Waals surface area contributed by atoms with Crippen molar-refractivity contribution in [2.24, 2.45) is 5.73 Å². The Morgan fingerprint density at radius 2 is 1.94 bits per heavy atom. The fraction of sp³-hybridized carbons (Fsp3) is 0.500. The summed E-state index contributed by atoms with van der Waals surface area (Å²) in [6, 6.07) is 8.06. The third-order valence-electron chi connectivity index (χ3n) is 2.92. The summed E-state index contributed by atoms with van der Waals surface area (Å²) in [6.07, 6.45) is 0.477. The number of rotatable bonds is 5. The molecular weight excluding hydrogens is 292 g/mol. The minimum absolute atomic E-state index is 0.0425. The highest BCUT2D eigenvalue weighted by atomic mass is 79.9. The lowest BCUT2D eigenvalue weighted by atomic mass is 9.96. The lowest BCUT2D eigenvalue weighted by Gasteiger charge is -2.25. The van der Waals surface area contributed by atoms with E-state index in [2.05, 4.69) is 28.2 Å². The van der Waals surface area contributed by atoms with Crippen molar-refractivity contribution in [3.63, 3.8) is 0 Å². The van der Waals surface area contributed by atoms with Gasteiger partial charge in [0.25, 0.3) is 0 Å². The van der Waals surface area contributed by atoms with Crippen molar-refractivity contribution >= 4 is 21.8 Å². The van der Waals surface area contributed by atoms with Crippen LogP contribution in [0.2, 0.25) is 0 Å². The van der Waals surface area contributed by atoms with Crippen LogP contribution in [-0.2, 0) is 4.79 Å². The molecule has 3 nitrogen and oxygen atoms in total. The van der Waals surface area contributed by atoms with Crippen molar-refractivity contribution in [3.8, 4) is 0 Å². The Morgan fingerprint density at radius 1 is 1.39 bits per heavy atom. The smallest absolute Gasteiger partial charge is 0.221 e. The molecule has 0 aliphatic carbocycles. The summed E-state index contributed by atoms with van der Waals surface area (Å²) in [4.78, 5) is 11.9. The van der Waals surface area contributed by atoms with Crippen LogP contribution in [0.5, 0.6) is 0 Å². The summed E-state index contributed by atoms with van der Waals surface area (Å²) in [5, 5.41) is 2.94. The Labute approximate surface area is 117 Å². The van der Waals surface area contributed by atoms with Gasteiger partial charge in [0.15, 0.2) is 0 Å². The van der Waals surface area contributed by atoms with Crippen LogP contribution >= 0.6 is 15.9 Å². The minimum atomic E-state index is -0.337. The molecular formula is C14H21BrN2O. The molecule has 0 fully saturated rings. The summed E-state index contributed by atoms with van der Waals surface area (Å²) in [5.41, 5.74) is 6.42. The molecule has 0 radical (unpaired) electrons. The first-order chi connectivity index (χ1) is 8.34. The molecule has 0 saturated heterocycles. The quantitative estimate of drug-likeness (QED) is 0.878. The van der Waals surface area contributed by atoms with Gasteiger partial charge in [-0.25, -0.2) is 0 Å². The number of amides is 1. The van der Waals surface area contributed by atoms with E-state index in [1.165, 1.54) is 5.56 Å². The predicted octanol–water partition coefficient (Wildman–Crippen LogP) is 2.80. The maximum atomic E-state index is 11.9. The number of nitrogens with one attached hydrogen (secondary N) is 1. The average Bonchev–Trinajstić information content (AvgIpc) is 2.29. The molecule has 1 aromatic carbocycles. The first-order valence-corrected chi connectivity index (χ1v) is 6.90. The van der Waals surface area contributed by atoms with Gasteiger partial charge < -0.3 is 11.1 Å². The molecule has 1 amide bonds. The van der Waals surface area contributed by atoms with Crippen LogP contribution in [0.3, 0.4) is 0 Å². The maximum absolute atomic E-state index is 11.9. The second kappa shape index (κ2) is 6.34. The fourth-order valence-electron chi connectivity index (χ4n) is 1.67. The van der Waals surface area contributed by atoms with Crippen molar-refractivity contribution in [1.82, 2.24) is 5.32 Å². The zero-order chi connectivity index (χ0) is 13.8. The molecule has 1 aromatic rings. The molecule has 0 bridgehead atoms. The van der Waals surface area contributed by atoms with Crippen LogP contribution in [-0.4, -0.2) is 18.0 Å². The van der Waals surface area contributed by atoms with E-state index in [9.17, 15) is 4.79 Å². The van der Waals surface area contributed by atoms with Crippen LogP contribution in [0.4, 0.5) is 0 Å². The van der Waals surface area contributed by atoms with Crippen molar-refractivity contribution in [1.29, 1.82) is 0 Å². The maximum Gasteiger partial charge on any atom is 0.221 e. The number of halogens is 1. The molecule has 0 heterocycles. The first kappa shape index (κ1) is 15.2. The number of hydrogen-bond donors (Lipinski definition) is 2. The van der Waals surface area contributed by atoms with Crippen molar-refractivity contribution in [2.75, 3.05) is 6.54 Å². The molecule has 3 N–H and O–H groups in total. The molecule has 0 aliphatic rings. The predicted molar refractivity (Wildman–Crippen MR) is 78.5 cm³/mol. The number of nitrogens with two attached hydrogens (primary N) is 1. The number of hydrogen-bond acceptors (Lipinski definition) is 2. The van der Waals surface area contributed by atoms with Crippen LogP contribution in [0, 0.1) is 0 Å². The van der Waals surface area contributed by atoms with E-state index in [-0.39, 0.29) is 17.4 Å². The second-order valence-electron chi connectivity index (χ2n) is 5.29. The zero-order valence-corrected chi connectivity index (χ0v) is 12.8. The Kier molecular flexibility index (Phi) is 5.35. The van der Waals surface area contributed by atoms with Crippen molar-refractivity contribution in [3.05, 3.63) is 34.3 Å². The molecule has 0 aromatic heterocycles. The third-order valence-corrected chi connectivity index (χ3v) is 3.45. The highest BCUT2D eigenvalue weighted by Gasteiger charge is 2.19. The van der Waals surface area contributed by atoms with Crippen molar-refractivity contribution < 1.29 is 4.79 Å². The number of benzene rings is 1. The first-order valence-electron chi connectivity index (χ1n) is 6.10. The summed E-state index contributed by atoms with van der Waals surface area (Å²) in [7, 11) is 0. The summed E-state index contributed by atoms with van der Waals surface area (Å²) >= 11 is 3.40. The highest BCUT2D eigenvalue weighted by Crippen LogP contribution is 2.21. The fourth-order valence-corrected chi connectivity index (χ4v) is 1.93. The van der Waals surface area contributed by atoms with E-state index in [1.54, 1.807) is 0 Å². The van der Waals surface area contributed by atoms with Gasteiger partial charge in [0.05, 0.1) is 0 Å². The monoisotopic (exact) mass is 312 g/mol. The van der Waals surface area contributed by atoms with Gasteiger partial charge >= 0.3 is 0 Å². The zero-order valence-electron chi connectivity index (χ0n) is 11.2. The average molecular weight is 313 g/mol. The van der Waals surface area contributed by atoms with Crippen LogP contribution in [0.1, 0.15) is 38.7 Å². The highest BCUT2D eigenvalue weighted by molar-refractivity contribution is 9.10. The SMILES string of the molecule is CC(CC(=O)NC(C)(C)CN)c1ccc(Br)cc1. The molecule has 4 heteroatoms. The standard InChI is InChI=1S/C14H21BrN2O/c1-10(11-4-6-12(15)7-5-11)8-13(18)17-14(2,3)9-16/h4-7,10H,8-9,16H2,1-3H3,(H,17,18). The summed E-state index contributed by atoms with van der Waals surface area (Å²) in [5.74, 6) is 0.243. The molecule has 0 spiro atoms. The summed E-state index contributed by atoms with van der Waals surface area (Å²) < 4.78 is 1.05. The molecule has 100 valence electrons. The van der Waals surface area contributed by atoms with E-state index < -0.39 is 0 Å². The molecule has 0 aliphatic heterocycles.